The summed E-state index contributed by atoms with van der Waals surface area (Å²) >= 11 is 0. The van der Waals surface area contributed by atoms with Crippen LogP contribution in [0.4, 0.5) is 0 Å². The van der Waals surface area contributed by atoms with Crippen LogP contribution >= 0.6 is 0 Å². The second-order valence-electron chi connectivity index (χ2n) is 4.31. The van der Waals surface area contributed by atoms with E-state index in [9.17, 15) is 0 Å². The maximum absolute atomic E-state index is 9.16. The van der Waals surface area contributed by atoms with Gasteiger partial charge in [0.1, 0.15) is 12.4 Å². The summed E-state index contributed by atoms with van der Waals surface area (Å²) < 4.78 is 5.56. The molecule has 1 unspecified atom stereocenters. The third-order valence-corrected chi connectivity index (χ3v) is 2.35. The van der Waals surface area contributed by atoms with Gasteiger partial charge in [0, 0.05) is 6.04 Å². The first-order valence-corrected chi connectivity index (χ1v) is 5.85. The zero-order chi connectivity index (χ0) is 12.7. The summed E-state index contributed by atoms with van der Waals surface area (Å²) in [7, 11) is 0. The van der Waals surface area contributed by atoms with Crippen molar-refractivity contribution >= 4 is 0 Å². The Bertz CT molecular complexity index is 311. The molecule has 0 bridgehead atoms. The number of ether oxygens (including phenoxy) is 1. The van der Waals surface area contributed by atoms with E-state index in [4.69, 9.17) is 14.9 Å². The summed E-state index contributed by atoms with van der Waals surface area (Å²) in [6, 6.07) is 7.52. The fraction of sp³-hybridized carbons (Fsp3) is 0.538. The molecule has 0 spiro atoms. The first-order chi connectivity index (χ1) is 8.15. The van der Waals surface area contributed by atoms with E-state index in [-0.39, 0.29) is 19.3 Å². The second kappa shape index (κ2) is 7.27. The van der Waals surface area contributed by atoms with Crippen molar-refractivity contribution in [3.63, 3.8) is 0 Å². The van der Waals surface area contributed by atoms with Crippen molar-refractivity contribution in [2.24, 2.45) is 0 Å². The van der Waals surface area contributed by atoms with E-state index in [0.717, 1.165) is 11.3 Å². The molecule has 0 fully saturated rings. The first-order valence-electron chi connectivity index (χ1n) is 5.85. The lowest BCUT2D eigenvalue weighted by Gasteiger charge is -2.19. The fourth-order valence-electron chi connectivity index (χ4n) is 1.51. The van der Waals surface area contributed by atoms with Gasteiger partial charge < -0.3 is 20.3 Å². The highest BCUT2D eigenvalue weighted by atomic mass is 16.5. The van der Waals surface area contributed by atoms with Crippen LogP contribution < -0.4 is 10.1 Å². The molecule has 0 saturated heterocycles. The van der Waals surface area contributed by atoms with Crippen LogP contribution in [-0.2, 0) is 6.61 Å². The van der Waals surface area contributed by atoms with Crippen molar-refractivity contribution in [3.05, 3.63) is 29.8 Å². The Kier molecular flexibility index (Phi) is 5.97. The van der Waals surface area contributed by atoms with Crippen molar-refractivity contribution in [3.8, 4) is 5.75 Å². The van der Waals surface area contributed by atoms with Crippen LogP contribution in [0.3, 0.4) is 0 Å². The van der Waals surface area contributed by atoms with E-state index >= 15 is 0 Å². The predicted molar refractivity (Wildman–Crippen MR) is 67.0 cm³/mol. The van der Waals surface area contributed by atoms with Gasteiger partial charge in [-0.2, -0.15) is 0 Å². The molecule has 3 N–H and O–H groups in total. The summed E-state index contributed by atoms with van der Waals surface area (Å²) in [5.74, 6) is 0.742. The standard InChI is InChI=1S/C13H21NO3/c1-10(2)14-12(8-16)9-17-13-5-3-11(7-15)4-6-13/h3-6,10,12,14-16H,7-9H2,1-2H3. The number of aliphatic hydroxyl groups excluding tert-OH is 2. The highest BCUT2D eigenvalue weighted by Gasteiger charge is 2.09. The van der Waals surface area contributed by atoms with E-state index in [2.05, 4.69) is 5.32 Å². The van der Waals surface area contributed by atoms with E-state index in [0.29, 0.717) is 12.6 Å². The minimum absolute atomic E-state index is 0.0362. The summed E-state index contributed by atoms with van der Waals surface area (Å²) in [6.07, 6.45) is 0. The maximum atomic E-state index is 9.16. The zero-order valence-corrected chi connectivity index (χ0v) is 10.4. The van der Waals surface area contributed by atoms with Gasteiger partial charge in [0.2, 0.25) is 0 Å². The Morgan fingerprint density at radius 3 is 2.29 bits per heavy atom. The first kappa shape index (κ1) is 14.0. The second-order valence-corrected chi connectivity index (χ2v) is 4.31. The summed E-state index contributed by atoms with van der Waals surface area (Å²) in [4.78, 5) is 0. The number of nitrogens with one attached hydrogen (secondary N) is 1. The smallest absolute Gasteiger partial charge is 0.119 e. The summed E-state index contributed by atoms with van der Waals surface area (Å²) in [5.41, 5.74) is 0.858. The fourth-order valence-corrected chi connectivity index (χ4v) is 1.51. The van der Waals surface area contributed by atoms with E-state index in [1.807, 2.05) is 38.1 Å². The minimum Gasteiger partial charge on any atom is -0.492 e. The molecule has 0 aliphatic rings. The van der Waals surface area contributed by atoms with Gasteiger partial charge in [-0.3, -0.25) is 0 Å². The van der Waals surface area contributed by atoms with Gasteiger partial charge in [0.15, 0.2) is 0 Å². The van der Waals surface area contributed by atoms with Crippen LogP contribution in [0.2, 0.25) is 0 Å². The van der Waals surface area contributed by atoms with Gasteiger partial charge in [0.25, 0.3) is 0 Å². The summed E-state index contributed by atoms with van der Waals surface area (Å²) in [5, 5.41) is 21.3. The molecule has 1 aromatic carbocycles. The molecule has 0 amide bonds. The average Bonchev–Trinajstić information content (AvgIpc) is 2.34. The van der Waals surface area contributed by atoms with Gasteiger partial charge in [-0.25, -0.2) is 0 Å². The molecule has 0 aromatic heterocycles. The SMILES string of the molecule is CC(C)NC(CO)COc1ccc(CO)cc1. The van der Waals surface area contributed by atoms with Gasteiger partial charge >= 0.3 is 0 Å². The Balaban J connectivity index is 2.42. The predicted octanol–water partition coefficient (Wildman–Crippen LogP) is 0.917. The number of hydrogen-bond acceptors (Lipinski definition) is 4. The Labute approximate surface area is 102 Å². The highest BCUT2D eigenvalue weighted by Crippen LogP contribution is 2.12. The number of hydrogen-bond donors (Lipinski definition) is 3. The molecule has 17 heavy (non-hydrogen) atoms. The molecule has 96 valence electrons. The van der Waals surface area contributed by atoms with Crippen LogP contribution in [0.15, 0.2) is 24.3 Å². The molecule has 1 rings (SSSR count). The third-order valence-electron chi connectivity index (χ3n) is 2.35. The largest absolute Gasteiger partial charge is 0.492 e. The van der Waals surface area contributed by atoms with Crippen LogP contribution in [0, 0.1) is 0 Å². The lowest BCUT2D eigenvalue weighted by atomic mass is 10.2. The van der Waals surface area contributed by atoms with Crippen LogP contribution in [0.25, 0.3) is 0 Å². The Hall–Kier alpha value is -1.10. The zero-order valence-electron chi connectivity index (χ0n) is 10.4. The Morgan fingerprint density at radius 1 is 1.18 bits per heavy atom. The molecule has 0 heterocycles. The average molecular weight is 239 g/mol. The molecule has 0 aliphatic heterocycles. The lowest BCUT2D eigenvalue weighted by molar-refractivity contribution is 0.177. The van der Waals surface area contributed by atoms with E-state index < -0.39 is 0 Å². The maximum Gasteiger partial charge on any atom is 0.119 e. The minimum atomic E-state index is -0.0625. The number of aliphatic hydroxyl groups is 2. The molecule has 1 atom stereocenters. The molecule has 0 aliphatic carbocycles. The summed E-state index contributed by atoms with van der Waals surface area (Å²) in [6.45, 7) is 4.56. The molecule has 4 heteroatoms. The molecule has 4 nitrogen and oxygen atoms in total. The van der Waals surface area contributed by atoms with Crippen molar-refractivity contribution in [1.29, 1.82) is 0 Å². The van der Waals surface area contributed by atoms with Gasteiger partial charge in [-0.15, -0.1) is 0 Å². The van der Waals surface area contributed by atoms with E-state index in [1.54, 1.807) is 0 Å². The van der Waals surface area contributed by atoms with Crippen LogP contribution in [-0.4, -0.2) is 35.5 Å². The highest BCUT2D eigenvalue weighted by molar-refractivity contribution is 5.26. The van der Waals surface area contributed by atoms with Crippen molar-refractivity contribution in [1.82, 2.24) is 5.32 Å². The van der Waals surface area contributed by atoms with Crippen molar-refractivity contribution in [2.45, 2.75) is 32.5 Å². The number of benzene rings is 1. The number of rotatable bonds is 7. The molecular formula is C13H21NO3. The van der Waals surface area contributed by atoms with Crippen LogP contribution in [0.5, 0.6) is 5.75 Å². The van der Waals surface area contributed by atoms with Gasteiger partial charge in [-0.05, 0) is 17.7 Å². The molecule has 0 saturated carbocycles. The van der Waals surface area contributed by atoms with E-state index in [1.165, 1.54) is 0 Å². The molecule has 1 aromatic rings. The van der Waals surface area contributed by atoms with Gasteiger partial charge in [0.05, 0.1) is 19.3 Å². The topological polar surface area (TPSA) is 61.7 Å². The van der Waals surface area contributed by atoms with Crippen molar-refractivity contribution in [2.75, 3.05) is 13.2 Å². The van der Waals surface area contributed by atoms with Gasteiger partial charge in [-0.1, -0.05) is 26.0 Å². The Morgan fingerprint density at radius 2 is 1.82 bits per heavy atom. The molecular weight excluding hydrogens is 218 g/mol. The third kappa shape index (κ3) is 5.17. The molecule has 0 radical (unpaired) electrons. The lowest BCUT2D eigenvalue weighted by Crippen LogP contribution is -2.41. The monoisotopic (exact) mass is 239 g/mol. The normalized spacial score (nSPS) is 12.8. The van der Waals surface area contributed by atoms with Crippen LogP contribution in [0.1, 0.15) is 19.4 Å². The van der Waals surface area contributed by atoms with Crippen molar-refractivity contribution < 1.29 is 14.9 Å². The quantitative estimate of drug-likeness (QED) is 0.662.